The molecule has 0 radical (unpaired) electrons. The summed E-state index contributed by atoms with van der Waals surface area (Å²) in [7, 11) is 0. The zero-order valence-electron chi connectivity index (χ0n) is 8.58. The Bertz CT molecular complexity index is 515. The minimum absolute atomic E-state index is 0.0255. The molecular weight excluding hydrogens is 224 g/mol. The quantitative estimate of drug-likeness (QED) is 0.532. The molecule has 86 valence electrons. The van der Waals surface area contributed by atoms with Gasteiger partial charge in [-0.15, -0.1) is 0 Å². The minimum atomic E-state index is -0.902. The monoisotopic (exact) mass is 232 g/mol. The number of imide groups is 2. The number of amides is 4. The predicted molar refractivity (Wildman–Crippen MR) is 54.7 cm³/mol. The fourth-order valence-electron chi connectivity index (χ4n) is 2.27. The van der Waals surface area contributed by atoms with Crippen LogP contribution < -0.4 is 5.32 Å². The first-order chi connectivity index (χ1) is 8.11. The molecule has 17 heavy (non-hydrogen) atoms. The van der Waals surface area contributed by atoms with Gasteiger partial charge >= 0.3 is 6.03 Å². The minimum Gasteiger partial charge on any atom is -0.508 e. The van der Waals surface area contributed by atoms with Crippen LogP contribution in [-0.4, -0.2) is 27.9 Å². The Morgan fingerprint density at radius 3 is 2.47 bits per heavy atom. The normalized spacial score (nSPS) is 26.6. The van der Waals surface area contributed by atoms with E-state index in [2.05, 4.69) is 5.32 Å². The number of phenols is 1. The number of nitrogens with one attached hydrogen (secondary N) is 1. The van der Waals surface area contributed by atoms with Crippen LogP contribution in [-0.2, 0) is 9.59 Å². The predicted octanol–water partition coefficient (Wildman–Crippen LogP) is 0.141. The molecule has 2 N–H and O–H groups in total. The highest BCUT2D eigenvalue weighted by atomic mass is 16.3. The first-order valence-corrected chi connectivity index (χ1v) is 5.07. The van der Waals surface area contributed by atoms with Gasteiger partial charge in [0.25, 0.3) is 0 Å². The molecule has 6 nitrogen and oxygen atoms in total. The summed E-state index contributed by atoms with van der Waals surface area (Å²) in [5.41, 5.74) is 0.417. The van der Waals surface area contributed by atoms with E-state index in [0.717, 1.165) is 4.90 Å². The summed E-state index contributed by atoms with van der Waals surface area (Å²) in [5.74, 6) is -2.04. The maximum Gasteiger partial charge on any atom is 0.331 e. The standard InChI is InChI=1S/C11H8N2O4/c14-6-4-2-1-3-5(6)8-7-9(15)12-11(17)13(8)10(7)16/h1-4,7-8,14H,(H,12,15,17). The van der Waals surface area contributed by atoms with Crippen LogP contribution >= 0.6 is 0 Å². The Kier molecular flexibility index (Phi) is 1.77. The number of hydrogen-bond acceptors (Lipinski definition) is 4. The van der Waals surface area contributed by atoms with Crippen molar-refractivity contribution >= 4 is 17.8 Å². The van der Waals surface area contributed by atoms with Gasteiger partial charge in [-0.1, -0.05) is 18.2 Å². The van der Waals surface area contributed by atoms with E-state index in [4.69, 9.17) is 0 Å². The Morgan fingerprint density at radius 2 is 1.88 bits per heavy atom. The Balaban J connectivity index is 2.07. The van der Waals surface area contributed by atoms with Gasteiger partial charge in [0.05, 0.1) is 6.04 Å². The summed E-state index contributed by atoms with van der Waals surface area (Å²) >= 11 is 0. The van der Waals surface area contributed by atoms with E-state index in [1.54, 1.807) is 18.2 Å². The van der Waals surface area contributed by atoms with E-state index in [-0.39, 0.29) is 5.75 Å². The molecule has 0 saturated carbocycles. The number of benzene rings is 1. The third-order valence-electron chi connectivity index (χ3n) is 3.08. The van der Waals surface area contributed by atoms with Gasteiger partial charge in [-0.2, -0.15) is 0 Å². The van der Waals surface area contributed by atoms with Gasteiger partial charge in [-0.3, -0.25) is 19.8 Å². The van der Waals surface area contributed by atoms with Crippen molar-refractivity contribution < 1.29 is 19.5 Å². The molecule has 1 aromatic rings. The fraction of sp³-hybridized carbons (Fsp3) is 0.182. The zero-order valence-corrected chi connectivity index (χ0v) is 8.58. The van der Waals surface area contributed by atoms with E-state index >= 15 is 0 Å². The molecular formula is C11H8N2O4. The number of phenolic OH excluding ortho intramolecular Hbond substituents is 1. The SMILES string of the molecule is O=C1NC(=O)N2C(=O)C1C2c1ccccc1O. The lowest BCUT2D eigenvalue weighted by molar-refractivity contribution is -0.161. The number of barbiturate groups is 1. The average Bonchev–Trinajstić information content (AvgIpc) is 2.26. The van der Waals surface area contributed by atoms with Gasteiger partial charge in [0.2, 0.25) is 11.8 Å². The summed E-state index contributed by atoms with van der Waals surface area (Å²) in [5, 5.41) is 11.8. The topological polar surface area (TPSA) is 86.7 Å². The molecule has 3 fully saturated rings. The number of rotatable bonds is 1. The van der Waals surface area contributed by atoms with Crippen molar-refractivity contribution in [1.82, 2.24) is 10.2 Å². The molecule has 3 aliphatic heterocycles. The lowest BCUT2D eigenvalue weighted by atomic mass is 9.80. The Hall–Kier alpha value is -2.37. The average molecular weight is 232 g/mol. The maximum atomic E-state index is 11.5. The highest BCUT2D eigenvalue weighted by Gasteiger charge is 2.60. The molecule has 3 aliphatic rings. The van der Waals surface area contributed by atoms with Crippen LogP contribution in [0.5, 0.6) is 5.75 Å². The van der Waals surface area contributed by atoms with E-state index in [0.29, 0.717) is 5.56 Å². The lowest BCUT2D eigenvalue weighted by Crippen LogP contribution is -2.70. The van der Waals surface area contributed by atoms with Gasteiger partial charge in [-0.05, 0) is 6.07 Å². The van der Waals surface area contributed by atoms with Crippen LogP contribution in [0.25, 0.3) is 0 Å². The van der Waals surface area contributed by atoms with Gasteiger partial charge < -0.3 is 5.11 Å². The summed E-state index contributed by atoms with van der Waals surface area (Å²) in [4.78, 5) is 35.4. The van der Waals surface area contributed by atoms with Crippen LogP contribution in [0.2, 0.25) is 0 Å². The Morgan fingerprint density at radius 1 is 1.18 bits per heavy atom. The maximum absolute atomic E-state index is 11.5. The fourth-order valence-corrected chi connectivity index (χ4v) is 2.27. The van der Waals surface area contributed by atoms with Crippen molar-refractivity contribution in [2.75, 3.05) is 0 Å². The Labute approximate surface area is 95.8 Å². The highest BCUT2D eigenvalue weighted by molar-refractivity contribution is 6.21. The van der Waals surface area contributed by atoms with E-state index in [9.17, 15) is 19.5 Å². The van der Waals surface area contributed by atoms with Crippen molar-refractivity contribution in [2.24, 2.45) is 5.92 Å². The lowest BCUT2D eigenvalue weighted by Gasteiger charge is -2.48. The van der Waals surface area contributed by atoms with Crippen molar-refractivity contribution in [1.29, 1.82) is 0 Å². The number of urea groups is 1. The molecule has 2 unspecified atom stereocenters. The summed E-state index contributed by atoms with van der Waals surface area (Å²) in [6, 6.07) is 4.96. The highest BCUT2D eigenvalue weighted by Crippen LogP contribution is 2.45. The van der Waals surface area contributed by atoms with Crippen LogP contribution in [0.15, 0.2) is 24.3 Å². The molecule has 0 aromatic heterocycles. The van der Waals surface area contributed by atoms with E-state index in [1.807, 2.05) is 0 Å². The number of aromatic hydroxyl groups is 1. The second-order valence-corrected chi connectivity index (χ2v) is 3.98. The molecule has 3 saturated heterocycles. The van der Waals surface area contributed by atoms with E-state index < -0.39 is 29.8 Å². The molecule has 0 spiro atoms. The molecule has 4 rings (SSSR count). The van der Waals surface area contributed by atoms with Crippen LogP contribution in [0, 0.1) is 5.92 Å². The zero-order chi connectivity index (χ0) is 12.2. The second-order valence-electron chi connectivity index (χ2n) is 3.98. The van der Waals surface area contributed by atoms with Crippen molar-refractivity contribution in [2.45, 2.75) is 6.04 Å². The molecule has 1 aromatic carbocycles. The summed E-state index contributed by atoms with van der Waals surface area (Å²) in [6.45, 7) is 0. The van der Waals surface area contributed by atoms with Crippen molar-refractivity contribution in [3.63, 3.8) is 0 Å². The first-order valence-electron chi connectivity index (χ1n) is 5.07. The third-order valence-corrected chi connectivity index (χ3v) is 3.08. The summed E-state index contributed by atoms with van der Waals surface area (Å²) in [6.07, 6.45) is 0. The molecule has 3 heterocycles. The molecule has 0 aliphatic carbocycles. The van der Waals surface area contributed by atoms with Crippen LogP contribution in [0.1, 0.15) is 11.6 Å². The number of hydrogen-bond donors (Lipinski definition) is 2. The first kappa shape index (κ1) is 9.83. The van der Waals surface area contributed by atoms with Crippen molar-refractivity contribution in [3.8, 4) is 5.75 Å². The molecule has 2 bridgehead atoms. The third kappa shape index (κ3) is 1.12. The number of β-lactam (4-membered cyclic amide) rings is 1. The molecule has 6 heteroatoms. The van der Waals surface area contributed by atoms with Gasteiger partial charge in [-0.25, -0.2) is 4.79 Å². The van der Waals surface area contributed by atoms with Crippen LogP contribution in [0.4, 0.5) is 4.79 Å². The van der Waals surface area contributed by atoms with Crippen molar-refractivity contribution in [3.05, 3.63) is 29.8 Å². The number of carbonyl (C=O) groups is 3. The van der Waals surface area contributed by atoms with Crippen LogP contribution in [0.3, 0.4) is 0 Å². The van der Waals surface area contributed by atoms with E-state index in [1.165, 1.54) is 6.07 Å². The molecule has 4 amide bonds. The number of carbonyl (C=O) groups excluding carboxylic acids is 3. The van der Waals surface area contributed by atoms with Gasteiger partial charge in [0.1, 0.15) is 11.7 Å². The number of fused-ring (bicyclic) bond motifs is 2. The van der Waals surface area contributed by atoms with Gasteiger partial charge in [0.15, 0.2) is 0 Å². The molecule has 2 atom stereocenters. The largest absolute Gasteiger partial charge is 0.508 e. The number of para-hydroxylation sites is 1. The van der Waals surface area contributed by atoms with Gasteiger partial charge in [0, 0.05) is 5.56 Å². The summed E-state index contributed by atoms with van der Waals surface area (Å²) < 4.78 is 0. The number of nitrogens with zero attached hydrogens (tertiary/aromatic N) is 1. The smallest absolute Gasteiger partial charge is 0.331 e. The second kappa shape index (κ2) is 3.07.